The maximum Gasteiger partial charge on any atom is 0.409 e. The van der Waals surface area contributed by atoms with E-state index in [-0.39, 0.29) is 24.0 Å². The van der Waals surface area contributed by atoms with Gasteiger partial charge in [0.25, 0.3) is 0 Å². The zero-order valence-electron chi connectivity index (χ0n) is 12.1. The molecule has 0 aromatic heterocycles. The van der Waals surface area contributed by atoms with Crippen LogP contribution in [0.1, 0.15) is 26.7 Å². The van der Waals surface area contributed by atoms with Crippen LogP contribution in [0, 0.1) is 5.92 Å². The van der Waals surface area contributed by atoms with Gasteiger partial charge in [0.2, 0.25) is 5.91 Å². The van der Waals surface area contributed by atoms with Gasteiger partial charge in [-0.15, -0.1) is 0 Å². The van der Waals surface area contributed by atoms with E-state index in [1.165, 1.54) is 0 Å². The van der Waals surface area contributed by atoms with Crippen LogP contribution in [0.5, 0.6) is 0 Å². The molecule has 19 heavy (non-hydrogen) atoms. The van der Waals surface area contributed by atoms with Crippen LogP contribution >= 0.6 is 0 Å². The molecule has 0 radical (unpaired) electrons. The molecular formula is C13H25N3O3. The molecule has 0 saturated carbocycles. The van der Waals surface area contributed by atoms with Gasteiger partial charge < -0.3 is 20.3 Å². The number of piperidine rings is 1. The first-order valence-electron chi connectivity index (χ1n) is 6.95. The Morgan fingerprint density at radius 3 is 2.53 bits per heavy atom. The zero-order chi connectivity index (χ0) is 14.3. The van der Waals surface area contributed by atoms with Gasteiger partial charge >= 0.3 is 6.09 Å². The summed E-state index contributed by atoms with van der Waals surface area (Å²) in [6.07, 6.45) is 1.32. The minimum Gasteiger partial charge on any atom is -0.450 e. The molecular weight excluding hydrogens is 246 g/mol. The SMILES string of the molecule is CCOC(=O)N1CCC(NC(=O)C(C)CNC)CC1. The standard InChI is InChI=1S/C13H25N3O3/c1-4-19-13(18)16-7-5-11(6-8-16)15-12(17)10(2)9-14-3/h10-11,14H,4-9H2,1-3H3,(H,15,17). The quantitative estimate of drug-likeness (QED) is 0.767. The van der Waals surface area contributed by atoms with Crippen molar-refractivity contribution < 1.29 is 14.3 Å². The summed E-state index contributed by atoms with van der Waals surface area (Å²) in [5, 5.41) is 6.03. The fourth-order valence-electron chi connectivity index (χ4n) is 2.16. The van der Waals surface area contributed by atoms with Gasteiger partial charge in [-0.2, -0.15) is 0 Å². The van der Waals surface area contributed by atoms with Gasteiger partial charge in [0.05, 0.1) is 6.61 Å². The maximum absolute atomic E-state index is 11.9. The number of nitrogens with one attached hydrogen (secondary N) is 2. The molecule has 110 valence electrons. The number of carbonyl (C=O) groups is 2. The van der Waals surface area contributed by atoms with E-state index in [0.29, 0.717) is 26.2 Å². The average molecular weight is 271 g/mol. The Hall–Kier alpha value is -1.30. The van der Waals surface area contributed by atoms with Gasteiger partial charge in [-0.1, -0.05) is 6.92 Å². The normalized spacial score (nSPS) is 17.9. The minimum atomic E-state index is -0.254. The first-order chi connectivity index (χ1) is 9.08. The van der Waals surface area contributed by atoms with Crippen LogP contribution in [0.4, 0.5) is 4.79 Å². The van der Waals surface area contributed by atoms with Crippen molar-refractivity contribution in [2.24, 2.45) is 5.92 Å². The first kappa shape index (κ1) is 15.8. The van der Waals surface area contributed by atoms with Crippen molar-refractivity contribution >= 4 is 12.0 Å². The van der Waals surface area contributed by atoms with Crippen molar-refractivity contribution in [1.29, 1.82) is 0 Å². The van der Waals surface area contributed by atoms with Crippen LogP contribution in [-0.2, 0) is 9.53 Å². The summed E-state index contributed by atoms with van der Waals surface area (Å²) in [7, 11) is 1.83. The second kappa shape index (κ2) is 7.99. The molecule has 0 aromatic rings. The third-order valence-electron chi connectivity index (χ3n) is 3.33. The molecule has 0 aromatic carbocycles. The number of nitrogens with zero attached hydrogens (tertiary/aromatic N) is 1. The molecule has 1 saturated heterocycles. The summed E-state index contributed by atoms with van der Waals surface area (Å²) < 4.78 is 4.96. The summed E-state index contributed by atoms with van der Waals surface area (Å²) >= 11 is 0. The third-order valence-corrected chi connectivity index (χ3v) is 3.33. The van der Waals surface area contributed by atoms with Gasteiger partial charge in [0.1, 0.15) is 0 Å². The fraction of sp³-hybridized carbons (Fsp3) is 0.846. The van der Waals surface area contributed by atoms with E-state index in [1.807, 2.05) is 14.0 Å². The predicted molar refractivity (Wildman–Crippen MR) is 72.9 cm³/mol. The van der Waals surface area contributed by atoms with Crippen LogP contribution in [0.3, 0.4) is 0 Å². The Balaban J connectivity index is 2.30. The number of rotatable bonds is 5. The molecule has 0 aliphatic carbocycles. The molecule has 0 spiro atoms. The largest absolute Gasteiger partial charge is 0.450 e. The number of carbonyl (C=O) groups excluding carboxylic acids is 2. The number of amides is 2. The highest BCUT2D eigenvalue weighted by Crippen LogP contribution is 2.12. The van der Waals surface area contributed by atoms with Crippen molar-refractivity contribution in [2.75, 3.05) is 33.3 Å². The Morgan fingerprint density at radius 1 is 1.37 bits per heavy atom. The van der Waals surface area contributed by atoms with Gasteiger partial charge in [0.15, 0.2) is 0 Å². The number of hydrogen-bond acceptors (Lipinski definition) is 4. The van der Waals surface area contributed by atoms with Gasteiger partial charge in [-0.25, -0.2) is 4.79 Å². The van der Waals surface area contributed by atoms with Crippen molar-refractivity contribution in [3.8, 4) is 0 Å². The topological polar surface area (TPSA) is 70.7 Å². The van der Waals surface area contributed by atoms with Crippen molar-refractivity contribution in [3.05, 3.63) is 0 Å². The number of hydrogen-bond donors (Lipinski definition) is 2. The average Bonchev–Trinajstić information content (AvgIpc) is 2.40. The number of likely N-dealkylation sites (tertiary alicyclic amines) is 1. The molecule has 1 aliphatic heterocycles. The van der Waals surface area contributed by atoms with E-state index < -0.39 is 0 Å². The highest BCUT2D eigenvalue weighted by Gasteiger charge is 2.25. The summed E-state index contributed by atoms with van der Waals surface area (Å²) in [6, 6.07) is 0.164. The lowest BCUT2D eigenvalue weighted by Gasteiger charge is -2.32. The Bertz CT molecular complexity index is 302. The van der Waals surface area contributed by atoms with Crippen LogP contribution < -0.4 is 10.6 Å². The Kier molecular flexibility index (Phi) is 6.62. The molecule has 1 heterocycles. The fourth-order valence-corrected chi connectivity index (χ4v) is 2.16. The summed E-state index contributed by atoms with van der Waals surface area (Å²) in [5.41, 5.74) is 0. The Labute approximate surface area is 114 Å². The van der Waals surface area contributed by atoms with Gasteiger partial charge in [-0.05, 0) is 26.8 Å². The molecule has 6 heteroatoms. The lowest BCUT2D eigenvalue weighted by atomic mass is 10.0. The van der Waals surface area contributed by atoms with E-state index in [0.717, 1.165) is 12.8 Å². The number of ether oxygens (including phenoxy) is 1. The molecule has 6 nitrogen and oxygen atoms in total. The van der Waals surface area contributed by atoms with E-state index in [9.17, 15) is 9.59 Å². The van der Waals surface area contributed by atoms with Gasteiger partial charge in [-0.3, -0.25) is 4.79 Å². The van der Waals surface area contributed by atoms with Crippen LogP contribution in [0.15, 0.2) is 0 Å². The predicted octanol–water partition coefficient (Wildman–Crippen LogP) is 0.579. The molecule has 0 bridgehead atoms. The molecule has 1 atom stereocenters. The molecule has 1 aliphatic rings. The third kappa shape index (κ3) is 5.06. The second-order valence-electron chi connectivity index (χ2n) is 4.93. The van der Waals surface area contributed by atoms with E-state index >= 15 is 0 Å². The van der Waals surface area contributed by atoms with E-state index in [4.69, 9.17) is 4.74 Å². The molecule has 2 N–H and O–H groups in total. The van der Waals surface area contributed by atoms with Crippen molar-refractivity contribution in [2.45, 2.75) is 32.7 Å². The second-order valence-corrected chi connectivity index (χ2v) is 4.93. The summed E-state index contributed by atoms with van der Waals surface area (Å²) in [5.74, 6) is 0.0389. The highest BCUT2D eigenvalue weighted by atomic mass is 16.6. The van der Waals surface area contributed by atoms with Crippen LogP contribution in [0.2, 0.25) is 0 Å². The van der Waals surface area contributed by atoms with Crippen molar-refractivity contribution in [3.63, 3.8) is 0 Å². The highest BCUT2D eigenvalue weighted by molar-refractivity contribution is 5.78. The lowest BCUT2D eigenvalue weighted by Crippen LogP contribution is -2.48. The zero-order valence-corrected chi connectivity index (χ0v) is 12.1. The van der Waals surface area contributed by atoms with Gasteiger partial charge in [0, 0.05) is 31.6 Å². The molecule has 2 amide bonds. The van der Waals surface area contributed by atoms with Crippen LogP contribution in [0.25, 0.3) is 0 Å². The molecule has 1 fully saturated rings. The smallest absolute Gasteiger partial charge is 0.409 e. The maximum atomic E-state index is 11.9. The monoisotopic (exact) mass is 271 g/mol. The van der Waals surface area contributed by atoms with E-state index in [2.05, 4.69) is 10.6 Å². The minimum absolute atomic E-state index is 0.0342. The molecule has 1 rings (SSSR count). The summed E-state index contributed by atoms with van der Waals surface area (Å²) in [6.45, 7) is 6.06. The summed E-state index contributed by atoms with van der Waals surface area (Å²) in [4.78, 5) is 25.1. The van der Waals surface area contributed by atoms with E-state index in [1.54, 1.807) is 11.8 Å². The Morgan fingerprint density at radius 2 is 2.00 bits per heavy atom. The van der Waals surface area contributed by atoms with Crippen molar-refractivity contribution in [1.82, 2.24) is 15.5 Å². The first-order valence-corrected chi connectivity index (χ1v) is 6.95. The van der Waals surface area contributed by atoms with Crippen LogP contribution in [-0.4, -0.2) is 56.2 Å². The lowest BCUT2D eigenvalue weighted by molar-refractivity contribution is -0.125. The molecule has 1 unspecified atom stereocenters.